The van der Waals surface area contributed by atoms with E-state index in [1.165, 1.54) is 22.3 Å². The Morgan fingerprint density at radius 2 is 1.64 bits per heavy atom. The van der Waals surface area contributed by atoms with Crippen LogP contribution in [0.15, 0.2) is 42.5 Å². The van der Waals surface area contributed by atoms with Crippen molar-refractivity contribution in [1.82, 2.24) is 0 Å². The van der Waals surface area contributed by atoms with Crippen molar-refractivity contribution < 1.29 is 0 Å². The molecule has 0 saturated heterocycles. The monoisotopic (exact) mass is 176 g/mol. The lowest BCUT2D eigenvalue weighted by Gasteiger charge is -2.04. The lowest BCUT2D eigenvalue weighted by Crippen LogP contribution is -2.05. The smallest absolute Gasteiger partial charge is 0.0887 e. The number of hydrogen-bond donors (Lipinski definition) is 0. The molecule has 14 heavy (non-hydrogen) atoms. The van der Waals surface area contributed by atoms with Crippen LogP contribution in [0.2, 0.25) is 0 Å². The van der Waals surface area contributed by atoms with E-state index in [2.05, 4.69) is 30.3 Å². The third-order valence-corrected chi connectivity index (χ3v) is 2.85. The molecular weight excluding hydrogens is 167 g/mol. The molecule has 2 radical (unpaired) electrons. The van der Waals surface area contributed by atoms with E-state index in [9.17, 15) is 0 Å². The molecule has 0 N–H and O–H groups in total. The molecule has 64 valence electrons. The van der Waals surface area contributed by atoms with Crippen LogP contribution in [0.5, 0.6) is 0 Å². The van der Waals surface area contributed by atoms with E-state index in [-0.39, 0.29) is 0 Å². The zero-order valence-electron chi connectivity index (χ0n) is 7.83. The summed E-state index contributed by atoms with van der Waals surface area (Å²) in [6.07, 6.45) is 1.02. The minimum atomic E-state index is 0.896. The molecule has 0 heterocycles. The largest absolute Gasteiger partial charge is 0.114 e. The van der Waals surface area contributed by atoms with Crippen LogP contribution >= 0.6 is 0 Å². The van der Waals surface area contributed by atoms with Gasteiger partial charge in [0.25, 0.3) is 0 Å². The molecule has 1 heteroatoms. The Kier molecular flexibility index (Phi) is 1.54. The fourth-order valence-electron chi connectivity index (χ4n) is 2.22. The Bertz CT molecular complexity index is 500. The highest BCUT2D eigenvalue weighted by atomic mass is 14.2. The highest BCUT2D eigenvalue weighted by molar-refractivity contribution is 6.36. The van der Waals surface area contributed by atoms with Gasteiger partial charge >= 0.3 is 0 Å². The maximum Gasteiger partial charge on any atom is 0.114 e. The first kappa shape index (κ1) is 7.87. The highest BCUT2D eigenvalue weighted by Crippen LogP contribution is 2.34. The molecule has 2 aromatic carbocycles. The summed E-state index contributed by atoms with van der Waals surface area (Å²) in [6.45, 7) is 0. The Morgan fingerprint density at radius 1 is 0.857 bits per heavy atom. The van der Waals surface area contributed by atoms with Crippen LogP contribution in [0.25, 0.3) is 11.1 Å². The number of benzene rings is 2. The van der Waals surface area contributed by atoms with E-state index in [1.807, 2.05) is 12.1 Å². The van der Waals surface area contributed by atoms with Crippen molar-refractivity contribution in [3.05, 3.63) is 53.6 Å². The SMILES string of the molecule is [B]c1cccc2c1-c1ccccc1C2. The zero-order chi connectivity index (χ0) is 9.54. The maximum atomic E-state index is 5.99. The second kappa shape index (κ2) is 2.75. The van der Waals surface area contributed by atoms with Gasteiger partial charge in [-0.2, -0.15) is 0 Å². The zero-order valence-corrected chi connectivity index (χ0v) is 7.83. The second-order valence-corrected chi connectivity index (χ2v) is 3.72. The third kappa shape index (κ3) is 0.956. The van der Waals surface area contributed by atoms with Gasteiger partial charge in [-0.25, -0.2) is 0 Å². The lowest BCUT2D eigenvalue weighted by molar-refractivity contribution is 1.26. The van der Waals surface area contributed by atoms with Crippen LogP contribution < -0.4 is 5.46 Å². The predicted octanol–water partition coefficient (Wildman–Crippen LogP) is 2.05. The maximum absolute atomic E-state index is 5.99. The molecule has 0 unspecified atom stereocenters. The van der Waals surface area contributed by atoms with Gasteiger partial charge in [0, 0.05) is 0 Å². The molecule has 0 fully saturated rings. The fraction of sp³-hybridized carbons (Fsp3) is 0.0769. The molecule has 0 spiro atoms. The van der Waals surface area contributed by atoms with E-state index < -0.39 is 0 Å². The van der Waals surface area contributed by atoms with Crippen LogP contribution in [-0.4, -0.2) is 7.85 Å². The van der Waals surface area contributed by atoms with Crippen molar-refractivity contribution in [2.75, 3.05) is 0 Å². The van der Waals surface area contributed by atoms with Gasteiger partial charge in [-0.1, -0.05) is 47.9 Å². The summed E-state index contributed by atoms with van der Waals surface area (Å²) < 4.78 is 0. The molecule has 0 nitrogen and oxygen atoms in total. The Balaban J connectivity index is 2.35. The third-order valence-electron chi connectivity index (χ3n) is 2.85. The van der Waals surface area contributed by atoms with Gasteiger partial charge in [-0.15, -0.1) is 0 Å². The van der Waals surface area contributed by atoms with Crippen LogP contribution in [0.3, 0.4) is 0 Å². The molecule has 0 atom stereocenters. The highest BCUT2D eigenvalue weighted by Gasteiger charge is 2.18. The summed E-state index contributed by atoms with van der Waals surface area (Å²) in [5.74, 6) is 0. The van der Waals surface area contributed by atoms with Gasteiger partial charge in [0.2, 0.25) is 0 Å². The van der Waals surface area contributed by atoms with E-state index >= 15 is 0 Å². The molecule has 0 amide bonds. The summed E-state index contributed by atoms with van der Waals surface area (Å²) >= 11 is 0. The summed E-state index contributed by atoms with van der Waals surface area (Å²) in [4.78, 5) is 0. The Morgan fingerprint density at radius 3 is 2.57 bits per heavy atom. The first-order valence-corrected chi connectivity index (χ1v) is 4.82. The molecule has 1 aliphatic rings. The fourth-order valence-corrected chi connectivity index (χ4v) is 2.22. The molecule has 0 aromatic heterocycles. The number of rotatable bonds is 0. The van der Waals surface area contributed by atoms with E-state index in [4.69, 9.17) is 7.85 Å². The molecule has 0 aliphatic heterocycles. The van der Waals surface area contributed by atoms with E-state index in [0.29, 0.717) is 0 Å². The molecule has 0 saturated carbocycles. The number of fused-ring (bicyclic) bond motifs is 3. The van der Waals surface area contributed by atoms with Crippen molar-refractivity contribution in [2.45, 2.75) is 6.42 Å². The molecule has 0 bridgehead atoms. The number of hydrogen-bond acceptors (Lipinski definition) is 0. The molecular formula is C13H9B. The second-order valence-electron chi connectivity index (χ2n) is 3.72. The summed E-state index contributed by atoms with van der Waals surface area (Å²) in [5.41, 5.74) is 6.18. The van der Waals surface area contributed by atoms with E-state index in [0.717, 1.165) is 11.9 Å². The van der Waals surface area contributed by atoms with Gasteiger partial charge in [-0.3, -0.25) is 0 Å². The average molecular weight is 176 g/mol. The van der Waals surface area contributed by atoms with Crippen molar-refractivity contribution in [3.63, 3.8) is 0 Å². The van der Waals surface area contributed by atoms with Crippen molar-refractivity contribution in [3.8, 4) is 11.1 Å². The molecule has 1 aliphatic carbocycles. The van der Waals surface area contributed by atoms with Crippen LogP contribution in [-0.2, 0) is 6.42 Å². The Hall–Kier alpha value is -1.50. The molecule has 2 aromatic rings. The first-order chi connectivity index (χ1) is 6.86. The van der Waals surface area contributed by atoms with Crippen LogP contribution in [0.1, 0.15) is 11.1 Å². The van der Waals surface area contributed by atoms with Gasteiger partial charge in [-0.05, 0) is 28.7 Å². The average Bonchev–Trinajstić information content (AvgIpc) is 2.57. The minimum absolute atomic E-state index is 0.896. The Labute approximate surface area is 85.0 Å². The normalized spacial score (nSPS) is 12.3. The minimum Gasteiger partial charge on any atom is -0.0887 e. The molecule has 3 rings (SSSR count). The first-order valence-electron chi connectivity index (χ1n) is 4.82. The van der Waals surface area contributed by atoms with Crippen molar-refractivity contribution in [1.29, 1.82) is 0 Å². The predicted molar refractivity (Wildman–Crippen MR) is 60.1 cm³/mol. The van der Waals surface area contributed by atoms with Crippen LogP contribution in [0.4, 0.5) is 0 Å². The van der Waals surface area contributed by atoms with Gasteiger partial charge in [0.05, 0.1) is 0 Å². The van der Waals surface area contributed by atoms with Gasteiger partial charge in [0.15, 0.2) is 0 Å². The van der Waals surface area contributed by atoms with Gasteiger partial charge < -0.3 is 0 Å². The summed E-state index contributed by atoms with van der Waals surface area (Å²) in [5, 5.41) is 0. The van der Waals surface area contributed by atoms with Crippen molar-refractivity contribution in [2.24, 2.45) is 0 Å². The standard InChI is InChI=1S/C13H9B/c14-12-7-3-5-10-8-9-4-1-2-6-11(9)13(10)12/h1-7H,8H2. The van der Waals surface area contributed by atoms with E-state index in [1.54, 1.807) is 0 Å². The van der Waals surface area contributed by atoms with Gasteiger partial charge in [0.1, 0.15) is 7.85 Å². The summed E-state index contributed by atoms with van der Waals surface area (Å²) in [6, 6.07) is 14.6. The van der Waals surface area contributed by atoms with Crippen LogP contribution in [0, 0.1) is 0 Å². The topological polar surface area (TPSA) is 0 Å². The quantitative estimate of drug-likeness (QED) is 0.460. The summed E-state index contributed by atoms with van der Waals surface area (Å²) in [7, 11) is 5.99. The van der Waals surface area contributed by atoms with Crippen molar-refractivity contribution >= 4 is 13.3 Å². The lowest BCUT2D eigenvalue weighted by atomic mass is 9.87.